The number of Topliss-reactive ketones (excluding diaryl/α,β-unsaturated/α-hetero) is 1. The van der Waals surface area contributed by atoms with E-state index in [-0.39, 0.29) is 5.78 Å². The first-order chi connectivity index (χ1) is 11.3. The highest BCUT2D eigenvalue weighted by Gasteiger charge is 2.54. The molecule has 3 heteroatoms. The molecule has 2 heterocycles. The fourth-order valence-electron chi connectivity index (χ4n) is 3.10. The maximum Gasteiger partial charge on any atom is 0.197 e. The molecule has 3 atom stereocenters. The van der Waals surface area contributed by atoms with Crippen LogP contribution in [-0.4, -0.2) is 18.0 Å². The minimum atomic E-state index is -0.837. The van der Waals surface area contributed by atoms with Gasteiger partial charge in [0.25, 0.3) is 0 Å². The van der Waals surface area contributed by atoms with Gasteiger partial charge in [0.1, 0.15) is 0 Å². The van der Waals surface area contributed by atoms with Crippen molar-refractivity contribution < 1.29 is 14.3 Å². The number of fused-ring (bicyclic) bond motifs is 2. The predicted molar refractivity (Wildman–Crippen MR) is 85.4 cm³/mol. The van der Waals surface area contributed by atoms with Crippen LogP contribution in [0.25, 0.3) is 0 Å². The van der Waals surface area contributed by atoms with Crippen molar-refractivity contribution >= 4 is 5.78 Å². The SMILES string of the molecule is O=C1CC[C@]2(c3ccccc3)O[C@@H](C#Cc3ccccc3)[C@H]1O2. The van der Waals surface area contributed by atoms with E-state index in [1.165, 1.54) is 0 Å². The van der Waals surface area contributed by atoms with Crippen LogP contribution in [0.15, 0.2) is 60.7 Å². The van der Waals surface area contributed by atoms with E-state index in [2.05, 4.69) is 11.8 Å². The standard InChI is InChI=1S/C20H16O3/c21-17-13-14-20(16-9-5-2-6-10-16)22-18(19(17)23-20)12-11-15-7-3-1-4-8-15/h1-10,18-19H,13-14H2/t18-,19-,20-/m0/s1. The Hall–Kier alpha value is -2.41. The molecule has 2 aromatic rings. The zero-order valence-electron chi connectivity index (χ0n) is 12.6. The smallest absolute Gasteiger partial charge is 0.197 e. The Morgan fingerprint density at radius 1 is 0.957 bits per heavy atom. The van der Waals surface area contributed by atoms with Crippen molar-refractivity contribution in [3.63, 3.8) is 0 Å². The Bertz CT molecular complexity index is 773. The van der Waals surface area contributed by atoms with Crippen molar-refractivity contribution in [1.82, 2.24) is 0 Å². The van der Waals surface area contributed by atoms with Crippen molar-refractivity contribution in [2.24, 2.45) is 0 Å². The molecule has 0 unspecified atom stereocenters. The normalized spacial score (nSPS) is 29.0. The molecule has 0 spiro atoms. The first-order valence-electron chi connectivity index (χ1n) is 7.77. The minimum absolute atomic E-state index is 0.0708. The summed E-state index contributed by atoms with van der Waals surface area (Å²) >= 11 is 0. The molecule has 0 N–H and O–H groups in total. The van der Waals surface area contributed by atoms with Gasteiger partial charge in [-0.05, 0) is 12.1 Å². The monoisotopic (exact) mass is 304 g/mol. The zero-order chi connectivity index (χ0) is 15.7. The molecule has 114 valence electrons. The number of hydrogen-bond donors (Lipinski definition) is 0. The summed E-state index contributed by atoms with van der Waals surface area (Å²) < 4.78 is 12.1. The highest BCUT2D eigenvalue weighted by Crippen LogP contribution is 2.45. The molecular weight excluding hydrogens is 288 g/mol. The highest BCUT2D eigenvalue weighted by molar-refractivity contribution is 5.85. The minimum Gasteiger partial charge on any atom is -0.331 e. The number of ketones is 1. The van der Waals surface area contributed by atoms with Gasteiger partial charge in [-0.1, -0.05) is 60.4 Å². The van der Waals surface area contributed by atoms with Gasteiger partial charge in [0.2, 0.25) is 0 Å². The summed E-state index contributed by atoms with van der Waals surface area (Å²) in [5.74, 6) is 5.39. The van der Waals surface area contributed by atoms with E-state index in [1.807, 2.05) is 60.7 Å². The molecule has 2 bridgehead atoms. The average molecular weight is 304 g/mol. The van der Waals surface area contributed by atoms with Crippen molar-refractivity contribution in [1.29, 1.82) is 0 Å². The van der Waals surface area contributed by atoms with E-state index >= 15 is 0 Å². The third kappa shape index (κ3) is 2.57. The topological polar surface area (TPSA) is 35.5 Å². The van der Waals surface area contributed by atoms with Crippen molar-refractivity contribution in [3.8, 4) is 11.8 Å². The first kappa shape index (κ1) is 14.2. The Kier molecular flexibility index (Phi) is 3.49. The summed E-state index contributed by atoms with van der Waals surface area (Å²) in [4.78, 5) is 12.2. The fourth-order valence-corrected chi connectivity index (χ4v) is 3.10. The Morgan fingerprint density at radius 2 is 1.65 bits per heavy atom. The second-order valence-electron chi connectivity index (χ2n) is 5.80. The first-order valence-corrected chi connectivity index (χ1v) is 7.77. The average Bonchev–Trinajstić information content (AvgIpc) is 2.94. The second-order valence-corrected chi connectivity index (χ2v) is 5.80. The molecule has 0 amide bonds. The Morgan fingerprint density at radius 3 is 2.39 bits per heavy atom. The number of carbonyl (C=O) groups is 1. The summed E-state index contributed by atoms with van der Waals surface area (Å²) in [6.07, 6.45) is -0.121. The van der Waals surface area contributed by atoms with Gasteiger partial charge in [-0.15, -0.1) is 0 Å². The molecule has 4 rings (SSSR count). The van der Waals surface area contributed by atoms with Crippen LogP contribution in [-0.2, 0) is 20.1 Å². The molecule has 2 aliphatic heterocycles. The van der Waals surface area contributed by atoms with E-state index in [9.17, 15) is 4.79 Å². The maximum atomic E-state index is 12.2. The van der Waals surface area contributed by atoms with Gasteiger partial charge < -0.3 is 9.47 Å². The van der Waals surface area contributed by atoms with E-state index in [0.717, 1.165) is 11.1 Å². The Labute approximate surface area is 135 Å². The maximum absolute atomic E-state index is 12.2. The predicted octanol–water partition coefficient (Wildman–Crippen LogP) is 3.04. The van der Waals surface area contributed by atoms with Gasteiger partial charge >= 0.3 is 0 Å². The molecule has 2 aliphatic rings. The third-order valence-electron chi connectivity index (χ3n) is 4.27. The van der Waals surface area contributed by atoms with Crippen LogP contribution in [0, 0.1) is 11.8 Å². The van der Waals surface area contributed by atoms with Crippen molar-refractivity contribution in [2.75, 3.05) is 0 Å². The van der Waals surface area contributed by atoms with Gasteiger partial charge in [0, 0.05) is 24.0 Å². The molecule has 0 saturated carbocycles. The van der Waals surface area contributed by atoms with Gasteiger partial charge in [0.05, 0.1) is 0 Å². The number of ether oxygens (including phenoxy) is 2. The van der Waals surface area contributed by atoms with E-state index in [4.69, 9.17) is 9.47 Å². The quantitative estimate of drug-likeness (QED) is 0.760. The number of hydrogen-bond acceptors (Lipinski definition) is 3. The molecule has 2 saturated heterocycles. The third-order valence-corrected chi connectivity index (χ3v) is 4.27. The van der Waals surface area contributed by atoms with Gasteiger partial charge in [-0.25, -0.2) is 0 Å². The zero-order valence-corrected chi connectivity index (χ0v) is 12.6. The second kappa shape index (κ2) is 5.66. The van der Waals surface area contributed by atoms with Crippen molar-refractivity contribution in [3.05, 3.63) is 71.8 Å². The van der Waals surface area contributed by atoms with Crippen molar-refractivity contribution in [2.45, 2.75) is 30.8 Å². The molecule has 3 nitrogen and oxygen atoms in total. The molecule has 0 radical (unpaired) electrons. The lowest BCUT2D eigenvalue weighted by Crippen LogP contribution is -2.37. The summed E-state index contributed by atoms with van der Waals surface area (Å²) in [6, 6.07) is 19.5. The van der Waals surface area contributed by atoms with Gasteiger partial charge in [-0.2, -0.15) is 0 Å². The van der Waals surface area contributed by atoms with Crippen LogP contribution in [0.5, 0.6) is 0 Å². The van der Waals surface area contributed by atoms with Gasteiger partial charge in [-0.3, -0.25) is 4.79 Å². The van der Waals surface area contributed by atoms with Crippen LogP contribution >= 0.6 is 0 Å². The van der Waals surface area contributed by atoms with Gasteiger partial charge in [0.15, 0.2) is 23.8 Å². The van der Waals surface area contributed by atoms with Crippen LogP contribution < -0.4 is 0 Å². The largest absolute Gasteiger partial charge is 0.331 e. The lowest BCUT2D eigenvalue weighted by Gasteiger charge is -2.30. The van der Waals surface area contributed by atoms with Crippen LogP contribution in [0.3, 0.4) is 0 Å². The summed E-state index contributed by atoms with van der Waals surface area (Å²) in [7, 11) is 0. The van der Waals surface area contributed by atoms with Crippen LogP contribution in [0.2, 0.25) is 0 Å². The molecule has 0 aromatic heterocycles. The number of carbonyl (C=O) groups excluding carboxylic acids is 1. The van der Waals surface area contributed by atoms with E-state index in [0.29, 0.717) is 12.8 Å². The van der Waals surface area contributed by atoms with Crippen LogP contribution in [0.4, 0.5) is 0 Å². The summed E-state index contributed by atoms with van der Waals surface area (Å²) in [6.45, 7) is 0. The van der Waals surface area contributed by atoms with Crippen LogP contribution in [0.1, 0.15) is 24.0 Å². The summed E-state index contributed by atoms with van der Waals surface area (Å²) in [5, 5.41) is 0. The Balaban J connectivity index is 1.65. The van der Waals surface area contributed by atoms with E-state index in [1.54, 1.807) is 0 Å². The highest BCUT2D eigenvalue weighted by atomic mass is 16.8. The van der Waals surface area contributed by atoms with E-state index < -0.39 is 18.0 Å². The number of rotatable bonds is 1. The molecular formula is C20H16O3. The fraction of sp³-hybridized carbons (Fsp3) is 0.250. The molecule has 2 aromatic carbocycles. The number of benzene rings is 2. The lowest BCUT2D eigenvalue weighted by molar-refractivity contribution is -0.200. The molecule has 23 heavy (non-hydrogen) atoms. The molecule has 0 aliphatic carbocycles. The lowest BCUT2D eigenvalue weighted by atomic mass is 9.95. The summed E-state index contributed by atoms with van der Waals surface area (Å²) in [5.41, 5.74) is 1.85. The molecule has 2 fully saturated rings.